The summed E-state index contributed by atoms with van der Waals surface area (Å²) in [6, 6.07) is 7.82. The molecule has 1 aromatic heterocycles. The first-order chi connectivity index (χ1) is 8.71. The fraction of sp³-hybridized carbons (Fsp3) is 0.357. The van der Waals surface area contributed by atoms with Gasteiger partial charge in [-0.2, -0.15) is 0 Å². The van der Waals surface area contributed by atoms with Gasteiger partial charge in [0.2, 0.25) is 0 Å². The van der Waals surface area contributed by atoms with Crippen molar-refractivity contribution in [3.63, 3.8) is 0 Å². The van der Waals surface area contributed by atoms with Gasteiger partial charge in [-0.3, -0.25) is 0 Å². The van der Waals surface area contributed by atoms with Crippen LogP contribution in [-0.2, 0) is 13.0 Å². The van der Waals surface area contributed by atoms with Crippen LogP contribution in [0.5, 0.6) is 5.75 Å². The van der Waals surface area contributed by atoms with E-state index in [-0.39, 0.29) is 0 Å². The van der Waals surface area contributed by atoms with Crippen LogP contribution in [0.3, 0.4) is 0 Å². The molecule has 0 aliphatic rings. The van der Waals surface area contributed by atoms with Gasteiger partial charge in [0, 0.05) is 18.5 Å². The van der Waals surface area contributed by atoms with Crippen molar-refractivity contribution in [2.24, 2.45) is 0 Å². The predicted octanol–water partition coefficient (Wildman–Crippen LogP) is 2.72. The minimum Gasteiger partial charge on any atom is -0.497 e. The van der Waals surface area contributed by atoms with E-state index < -0.39 is 0 Å². The Morgan fingerprint density at radius 1 is 1.33 bits per heavy atom. The molecule has 1 heterocycles. The van der Waals surface area contributed by atoms with Crippen molar-refractivity contribution in [1.29, 1.82) is 0 Å². The number of rotatable bonds is 4. The van der Waals surface area contributed by atoms with Crippen LogP contribution in [0.1, 0.15) is 19.7 Å². The number of benzene rings is 1. The first-order valence-electron chi connectivity index (χ1n) is 6.20. The van der Waals surface area contributed by atoms with Crippen LogP contribution in [-0.4, -0.2) is 16.7 Å². The van der Waals surface area contributed by atoms with Crippen molar-refractivity contribution in [2.45, 2.75) is 26.8 Å². The second-order valence-corrected chi connectivity index (χ2v) is 4.09. The normalized spacial score (nSPS) is 10.6. The van der Waals surface area contributed by atoms with E-state index in [1.54, 1.807) is 7.11 Å². The molecule has 0 bridgehead atoms. The maximum absolute atomic E-state index is 6.17. The molecule has 0 radical (unpaired) electrons. The smallest absolute Gasteiger partial charge is 0.131 e. The van der Waals surface area contributed by atoms with E-state index in [9.17, 15) is 0 Å². The minimum atomic E-state index is 0.725. The maximum atomic E-state index is 6.17. The summed E-state index contributed by atoms with van der Waals surface area (Å²) in [5, 5.41) is 0. The van der Waals surface area contributed by atoms with Gasteiger partial charge in [0.05, 0.1) is 7.11 Å². The van der Waals surface area contributed by atoms with Crippen LogP contribution in [0.4, 0.5) is 5.82 Å². The molecule has 0 saturated heterocycles. The number of hydrogen-bond donors (Lipinski definition) is 1. The Labute approximate surface area is 107 Å². The van der Waals surface area contributed by atoms with E-state index in [2.05, 4.69) is 23.4 Å². The maximum Gasteiger partial charge on any atom is 0.131 e. The Hall–Kier alpha value is -1.97. The largest absolute Gasteiger partial charge is 0.497 e. The monoisotopic (exact) mass is 245 g/mol. The number of methoxy groups -OCH3 is 1. The summed E-state index contributed by atoms with van der Waals surface area (Å²) < 4.78 is 7.28. The third-order valence-corrected chi connectivity index (χ3v) is 3.06. The van der Waals surface area contributed by atoms with Crippen molar-refractivity contribution < 1.29 is 4.74 Å². The van der Waals surface area contributed by atoms with E-state index in [0.29, 0.717) is 0 Å². The standard InChI is InChI=1S/C14H19N3O/c1-4-12-16-13(14(15)17(12)5-2)10-7-6-8-11(9-10)18-3/h6-9H,4-5,15H2,1-3H3. The van der Waals surface area contributed by atoms with Crippen LogP contribution < -0.4 is 10.5 Å². The van der Waals surface area contributed by atoms with Crippen molar-refractivity contribution in [3.8, 4) is 17.0 Å². The molecule has 0 unspecified atom stereocenters. The number of nitrogen functional groups attached to an aromatic ring is 1. The van der Waals surface area contributed by atoms with Gasteiger partial charge < -0.3 is 15.0 Å². The molecule has 0 spiro atoms. The number of ether oxygens (including phenoxy) is 1. The highest BCUT2D eigenvalue weighted by molar-refractivity contribution is 5.72. The first kappa shape index (κ1) is 12.5. The van der Waals surface area contributed by atoms with Gasteiger partial charge in [-0.15, -0.1) is 0 Å². The van der Waals surface area contributed by atoms with Crippen LogP contribution in [0.2, 0.25) is 0 Å². The van der Waals surface area contributed by atoms with Crippen LogP contribution >= 0.6 is 0 Å². The van der Waals surface area contributed by atoms with Gasteiger partial charge in [-0.25, -0.2) is 4.98 Å². The van der Waals surface area contributed by atoms with E-state index in [1.807, 2.05) is 24.3 Å². The summed E-state index contributed by atoms with van der Waals surface area (Å²) in [5.74, 6) is 2.56. The summed E-state index contributed by atoms with van der Waals surface area (Å²) in [7, 11) is 1.66. The van der Waals surface area contributed by atoms with E-state index >= 15 is 0 Å². The van der Waals surface area contributed by atoms with Crippen LogP contribution in [0, 0.1) is 0 Å². The molecule has 2 rings (SSSR count). The number of nitrogens with two attached hydrogens (primary N) is 1. The van der Waals surface area contributed by atoms with Gasteiger partial charge in [0.25, 0.3) is 0 Å². The Kier molecular flexibility index (Phi) is 3.55. The molecule has 18 heavy (non-hydrogen) atoms. The summed E-state index contributed by atoms with van der Waals surface area (Å²) >= 11 is 0. The number of hydrogen-bond acceptors (Lipinski definition) is 3. The van der Waals surface area contributed by atoms with E-state index in [0.717, 1.165) is 41.6 Å². The van der Waals surface area contributed by atoms with Crippen LogP contribution in [0.25, 0.3) is 11.3 Å². The van der Waals surface area contributed by atoms with Gasteiger partial charge >= 0.3 is 0 Å². The molecule has 2 aromatic rings. The van der Waals surface area contributed by atoms with Gasteiger partial charge in [-0.1, -0.05) is 19.1 Å². The molecule has 96 valence electrons. The summed E-state index contributed by atoms with van der Waals surface area (Å²) in [5.41, 5.74) is 8.01. The fourth-order valence-corrected chi connectivity index (χ4v) is 2.12. The molecule has 4 heteroatoms. The minimum absolute atomic E-state index is 0.725. The number of imidazole rings is 1. The number of aryl methyl sites for hydroxylation is 1. The lowest BCUT2D eigenvalue weighted by atomic mass is 10.1. The van der Waals surface area contributed by atoms with Crippen LogP contribution in [0.15, 0.2) is 24.3 Å². The molecule has 0 aliphatic heterocycles. The van der Waals surface area contributed by atoms with Gasteiger partial charge in [-0.05, 0) is 19.1 Å². The molecule has 1 aromatic carbocycles. The third kappa shape index (κ3) is 2.06. The molecule has 0 aliphatic carbocycles. The first-order valence-corrected chi connectivity index (χ1v) is 6.20. The second kappa shape index (κ2) is 5.12. The molecular formula is C14H19N3O. The number of nitrogens with zero attached hydrogens (tertiary/aromatic N) is 2. The highest BCUT2D eigenvalue weighted by atomic mass is 16.5. The molecule has 0 saturated carbocycles. The summed E-state index contributed by atoms with van der Waals surface area (Å²) in [6.45, 7) is 5.00. The fourth-order valence-electron chi connectivity index (χ4n) is 2.12. The third-order valence-electron chi connectivity index (χ3n) is 3.06. The predicted molar refractivity (Wildman–Crippen MR) is 73.7 cm³/mol. The Morgan fingerprint density at radius 2 is 2.11 bits per heavy atom. The van der Waals surface area contributed by atoms with Crippen molar-refractivity contribution in [1.82, 2.24) is 9.55 Å². The zero-order valence-electron chi connectivity index (χ0n) is 11.1. The van der Waals surface area contributed by atoms with Gasteiger partial charge in [0.15, 0.2) is 0 Å². The lowest BCUT2D eigenvalue weighted by Gasteiger charge is -2.05. The summed E-state index contributed by atoms with van der Waals surface area (Å²) in [6.07, 6.45) is 0.877. The summed E-state index contributed by atoms with van der Waals surface area (Å²) in [4.78, 5) is 4.63. The molecule has 0 atom stereocenters. The molecular weight excluding hydrogens is 226 g/mol. The van der Waals surface area contributed by atoms with Crippen molar-refractivity contribution in [3.05, 3.63) is 30.1 Å². The Balaban J connectivity index is 2.53. The van der Waals surface area contributed by atoms with Crippen molar-refractivity contribution in [2.75, 3.05) is 12.8 Å². The molecule has 2 N–H and O–H groups in total. The Bertz CT molecular complexity index is 546. The quantitative estimate of drug-likeness (QED) is 0.901. The highest BCUT2D eigenvalue weighted by Gasteiger charge is 2.14. The topological polar surface area (TPSA) is 53.1 Å². The van der Waals surface area contributed by atoms with Gasteiger partial charge in [0.1, 0.15) is 23.1 Å². The average Bonchev–Trinajstić information content (AvgIpc) is 2.75. The average molecular weight is 245 g/mol. The lowest BCUT2D eigenvalue weighted by Crippen LogP contribution is -2.04. The second-order valence-electron chi connectivity index (χ2n) is 4.09. The SMILES string of the molecule is CCc1nc(-c2cccc(OC)c2)c(N)n1CC. The number of aromatic nitrogens is 2. The Morgan fingerprint density at radius 3 is 2.67 bits per heavy atom. The molecule has 0 fully saturated rings. The van der Waals surface area contributed by atoms with E-state index in [1.165, 1.54) is 0 Å². The zero-order chi connectivity index (χ0) is 13.1. The van der Waals surface area contributed by atoms with Crippen molar-refractivity contribution >= 4 is 5.82 Å². The highest BCUT2D eigenvalue weighted by Crippen LogP contribution is 2.29. The number of anilines is 1. The molecule has 0 amide bonds. The zero-order valence-corrected chi connectivity index (χ0v) is 11.1. The lowest BCUT2D eigenvalue weighted by molar-refractivity contribution is 0.415. The molecule has 4 nitrogen and oxygen atoms in total. The van der Waals surface area contributed by atoms with E-state index in [4.69, 9.17) is 10.5 Å².